The lowest BCUT2D eigenvalue weighted by Crippen LogP contribution is -2.29. The summed E-state index contributed by atoms with van der Waals surface area (Å²) in [5, 5.41) is 0. The maximum Gasteiger partial charge on any atom is 0.250 e. The first kappa shape index (κ1) is 21.5. The maximum atomic E-state index is 11.1. The lowest BCUT2D eigenvalue weighted by atomic mass is 10.1. The van der Waals surface area contributed by atoms with Gasteiger partial charge in [0.05, 0.1) is 5.56 Å². The first-order valence-electron chi connectivity index (χ1n) is 10.3. The van der Waals surface area contributed by atoms with Gasteiger partial charge in [-0.2, -0.15) is 0 Å². The minimum Gasteiger partial charge on any atom is -0.439 e. The molecule has 0 bridgehead atoms. The van der Waals surface area contributed by atoms with Gasteiger partial charge >= 0.3 is 0 Å². The monoisotopic (exact) mass is 403 g/mol. The number of rotatable bonds is 10. The number of amides is 1. The van der Waals surface area contributed by atoms with Crippen LogP contribution in [0, 0.1) is 5.92 Å². The molecule has 0 atom stereocenters. The fourth-order valence-electron chi connectivity index (χ4n) is 3.31. The molecule has 156 valence electrons. The number of nitrogens with two attached hydrogens (primary N) is 1. The average molecular weight is 404 g/mol. The smallest absolute Gasteiger partial charge is 0.250 e. The molecule has 0 radical (unpaired) electrons. The van der Waals surface area contributed by atoms with Crippen molar-refractivity contribution in [3.8, 4) is 11.6 Å². The van der Waals surface area contributed by atoms with E-state index in [1.165, 1.54) is 17.3 Å². The fraction of sp³-hybridized carbons (Fsp3) is 0.280. The molecular weight excluding hydrogens is 374 g/mol. The SMILES string of the molecule is CC(C)CN(CCc1ccc(Oc2ccc(C(N)=O)cn2)cc1)Cc1ccccc1. The highest BCUT2D eigenvalue weighted by molar-refractivity contribution is 5.92. The number of nitrogens with zero attached hydrogens (tertiary/aromatic N) is 2. The predicted octanol–water partition coefficient (Wildman–Crippen LogP) is 4.67. The highest BCUT2D eigenvalue weighted by Gasteiger charge is 2.09. The molecule has 0 unspecified atom stereocenters. The average Bonchev–Trinajstić information content (AvgIpc) is 2.74. The van der Waals surface area contributed by atoms with Gasteiger partial charge in [-0.25, -0.2) is 4.98 Å². The van der Waals surface area contributed by atoms with Crippen molar-refractivity contribution in [3.63, 3.8) is 0 Å². The summed E-state index contributed by atoms with van der Waals surface area (Å²) in [6, 6.07) is 21.9. The third kappa shape index (κ3) is 6.71. The fourth-order valence-corrected chi connectivity index (χ4v) is 3.31. The largest absolute Gasteiger partial charge is 0.439 e. The summed E-state index contributed by atoms with van der Waals surface area (Å²) < 4.78 is 5.75. The number of carbonyl (C=O) groups is 1. The first-order chi connectivity index (χ1) is 14.5. The number of carbonyl (C=O) groups excluding carboxylic acids is 1. The quantitative estimate of drug-likeness (QED) is 0.534. The molecule has 0 fully saturated rings. The van der Waals surface area contributed by atoms with Crippen molar-refractivity contribution in [2.45, 2.75) is 26.8 Å². The van der Waals surface area contributed by atoms with Crippen molar-refractivity contribution in [2.75, 3.05) is 13.1 Å². The number of aromatic nitrogens is 1. The molecule has 1 aromatic heterocycles. The van der Waals surface area contributed by atoms with E-state index in [1.54, 1.807) is 12.1 Å². The van der Waals surface area contributed by atoms with E-state index in [0.717, 1.165) is 26.1 Å². The Morgan fingerprint density at radius 2 is 1.73 bits per heavy atom. The zero-order chi connectivity index (χ0) is 21.3. The van der Waals surface area contributed by atoms with Crippen molar-refractivity contribution in [1.82, 2.24) is 9.88 Å². The molecule has 3 rings (SSSR count). The van der Waals surface area contributed by atoms with Gasteiger partial charge in [-0.1, -0.05) is 56.3 Å². The van der Waals surface area contributed by atoms with Gasteiger partial charge in [0.15, 0.2) is 0 Å². The van der Waals surface area contributed by atoms with Crippen LogP contribution in [0.25, 0.3) is 0 Å². The molecule has 1 heterocycles. The Labute approximate surface area is 178 Å². The lowest BCUT2D eigenvalue weighted by Gasteiger charge is -2.24. The number of hydrogen-bond acceptors (Lipinski definition) is 4. The van der Waals surface area contributed by atoms with E-state index in [9.17, 15) is 4.79 Å². The third-order valence-electron chi connectivity index (χ3n) is 4.76. The molecule has 3 aromatic rings. The van der Waals surface area contributed by atoms with E-state index < -0.39 is 5.91 Å². The Bertz CT molecular complexity index is 923. The number of primary amides is 1. The van der Waals surface area contributed by atoms with E-state index in [4.69, 9.17) is 10.5 Å². The number of benzene rings is 2. The summed E-state index contributed by atoms with van der Waals surface area (Å²) in [7, 11) is 0. The van der Waals surface area contributed by atoms with Crippen LogP contribution in [-0.4, -0.2) is 28.9 Å². The van der Waals surface area contributed by atoms with Gasteiger partial charge in [-0.05, 0) is 41.7 Å². The standard InChI is InChI=1S/C25H29N3O2/c1-19(2)17-28(18-21-6-4-3-5-7-21)15-14-20-8-11-23(12-9-20)30-24-13-10-22(16-27-24)25(26)29/h3-13,16,19H,14-15,17-18H2,1-2H3,(H2,26,29). The topological polar surface area (TPSA) is 68.5 Å². The van der Waals surface area contributed by atoms with Crippen LogP contribution in [-0.2, 0) is 13.0 Å². The van der Waals surface area contributed by atoms with Gasteiger partial charge in [0, 0.05) is 31.9 Å². The van der Waals surface area contributed by atoms with E-state index in [1.807, 2.05) is 12.1 Å². The van der Waals surface area contributed by atoms with Crippen LogP contribution < -0.4 is 10.5 Å². The summed E-state index contributed by atoms with van der Waals surface area (Å²) in [6.07, 6.45) is 2.40. The highest BCUT2D eigenvalue weighted by Crippen LogP contribution is 2.20. The van der Waals surface area contributed by atoms with E-state index in [0.29, 0.717) is 23.1 Å². The number of ether oxygens (including phenoxy) is 1. The van der Waals surface area contributed by atoms with Crippen LogP contribution in [0.4, 0.5) is 0 Å². The van der Waals surface area contributed by atoms with Crippen LogP contribution in [0.5, 0.6) is 11.6 Å². The first-order valence-corrected chi connectivity index (χ1v) is 10.3. The van der Waals surface area contributed by atoms with E-state index in [2.05, 4.69) is 66.2 Å². The Kier molecular flexibility index (Phi) is 7.57. The zero-order valence-electron chi connectivity index (χ0n) is 17.6. The molecule has 2 aromatic carbocycles. The Balaban J connectivity index is 1.56. The van der Waals surface area contributed by atoms with Gasteiger partial charge < -0.3 is 10.5 Å². The van der Waals surface area contributed by atoms with Gasteiger partial charge in [-0.3, -0.25) is 9.69 Å². The van der Waals surface area contributed by atoms with Crippen molar-refractivity contribution in [3.05, 3.63) is 89.6 Å². The second-order valence-corrected chi connectivity index (χ2v) is 7.86. The molecule has 0 spiro atoms. The molecule has 1 amide bonds. The molecule has 0 aliphatic carbocycles. The summed E-state index contributed by atoms with van der Waals surface area (Å²) in [4.78, 5) is 17.7. The van der Waals surface area contributed by atoms with Crippen LogP contribution >= 0.6 is 0 Å². The summed E-state index contributed by atoms with van der Waals surface area (Å²) in [6.45, 7) is 7.56. The molecular formula is C25H29N3O2. The summed E-state index contributed by atoms with van der Waals surface area (Å²) >= 11 is 0. The normalized spacial score (nSPS) is 11.1. The van der Waals surface area contributed by atoms with E-state index in [-0.39, 0.29) is 0 Å². The number of hydrogen-bond donors (Lipinski definition) is 1. The second kappa shape index (κ2) is 10.6. The Morgan fingerprint density at radius 3 is 2.33 bits per heavy atom. The van der Waals surface area contributed by atoms with Gasteiger partial charge in [0.2, 0.25) is 11.8 Å². The maximum absolute atomic E-state index is 11.1. The third-order valence-corrected chi connectivity index (χ3v) is 4.76. The molecule has 5 nitrogen and oxygen atoms in total. The minimum atomic E-state index is -0.503. The second-order valence-electron chi connectivity index (χ2n) is 7.86. The predicted molar refractivity (Wildman–Crippen MR) is 120 cm³/mol. The van der Waals surface area contributed by atoms with Crippen LogP contribution in [0.3, 0.4) is 0 Å². The Morgan fingerprint density at radius 1 is 1.00 bits per heavy atom. The zero-order valence-corrected chi connectivity index (χ0v) is 17.6. The molecule has 0 aliphatic rings. The van der Waals surface area contributed by atoms with Gasteiger partial charge in [-0.15, -0.1) is 0 Å². The van der Waals surface area contributed by atoms with Crippen LogP contribution in [0.15, 0.2) is 72.9 Å². The van der Waals surface area contributed by atoms with Gasteiger partial charge in [0.1, 0.15) is 5.75 Å². The van der Waals surface area contributed by atoms with Crippen molar-refractivity contribution in [2.24, 2.45) is 11.7 Å². The molecule has 30 heavy (non-hydrogen) atoms. The van der Waals surface area contributed by atoms with E-state index >= 15 is 0 Å². The molecule has 0 saturated heterocycles. The Hall–Kier alpha value is -3.18. The lowest BCUT2D eigenvalue weighted by molar-refractivity contribution is 0.1000. The molecule has 0 aliphatic heterocycles. The van der Waals surface area contributed by atoms with Gasteiger partial charge in [0.25, 0.3) is 0 Å². The van der Waals surface area contributed by atoms with Crippen molar-refractivity contribution < 1.29 is 9.53 Å². The summed E-state index contributed by atoms with van der Waals surface area (Å²) in [5.74, 6) is 1.26. The molecule has 5 heteroatoms. The van der Waals surface area contributed by atoms with Crippen molar-refractivity contribution in [1.29, 1.82) is 0 Å². The van der Waals surface area contributed by atoms with Crippen molar-refractivity contribution >= 4 is 5.91 Å². The van der Waals surface area contributed by atoms with Crippen LogP contribution in [0.2, 0.25) is 0 Å². The molecule has 0 saturated carbocycles. The molecule has 2 N–H and O–H groups in total. The minimum absolute atomic E-state index is 0.360. The van der Waals surface area contributed by atoms with Crippen LogP contribution in [0.1, 0.15) is 35.3 Å². The number of pyridine rings is 1. The summed E-state index contributed by atoms with van der Waals surface area (Å²) in [5.41, 5.74) is 8.20. The highest BCUT2D eigenvalue weighted by atomic mass is 16.5.